The number of nitrogens with zero attached hydrogens (tertiary/aromatic N) is 4. The number of nitrogens with one attached hydrogen (secondary N) is 1. The number of fused-ring (bicyclic) bond motifs is 1. The van der Waals surface area contributed by atoms with E-state index in [1.807, 2.05) is 6.07 Å². The predicted molar refractivity (Wildman–Crippen MR) is 103 cm³/mol. The highest BCUT2D eigenvalue weighted by Crippen LogP contribution is 2.21. The van der Waals surface area contributed by atoms with Gasteiger partial charge in [0, 0.05) is 12.3 Å². The molecule has 0 bridgehead atoms. The van der Waals surface area contributed by atoms with E-state index in [4.69, 9.17) is 0 Å². The van der Waals surface area contributed by atoms with Crippen molar-refractivity contribution in [3.05, 3.63) is 84.3 Å². The lowest BCUT2D eigenvalue weighted by molar-refractivity contribution is 0.102. The van der Waals surface area contributed by atoms with Crippen LogP contribution >= 0.6 is 0 Å². The van der Waals surface area contributed by atoms with Gasteiger partial charge in [0.2, 0.25) is 5.95 Å². The Morgan fingerprint density at radius 3 is 2.57 bits per heavy atom. The molecule has 0 saturated carbocycles. The van der Waals surface area contributed by atoms with Gasteiger partial charge in [0.15, 0.2) is 15.5 Å². The summed E-state index contributed by atoms with van der Waals surface area (Å²) >= 11 is 0. The molecule has 28 heavy (non-hydrogen) atoms. The molecule has 1 N–H and O–H groups in total. The summed E-state index contributed by atoms with van der Waals surface area (Å²) in [5.74, 6) is -0.582. The Kier molecular flexibility index (Phi) is 4.58. The van der Waals surface area contributed by atoms with Gasteiger partial charge in [0.05, 0.1) is 16.2 Å². The Balaban J connectivity index is 1.67. The van der Waals surface area contributed by atoms with Gasteiger partial charge >= 0.3 is 0 Å². The zero-order valence-electron chi connectivity index (χ0n) is 14.6. The summed E-state index contributed by atoms with van der Waals surface area (Å²) in [5, 5.41) is 10.3. The van der Waals surface area contributed by atoms with Crippen LogP contribution in [-0.4, -0.2) is 33.9 Å². The fraction of sp³-hybridized carbons (Fsp3) is 0.0526. The first kappa shape index (κ1) is 17.8. The maximum atomic E-state index is 12.9. The van der Waals surface area contributed by atoms with Gasteiger partial charge in [0.1, 0.15) is 6.33 Å². The average Bonchev–Trinajstić information content (AvgIpc) is 3.18. The molecule has 0 aliphatic rings. The van der Waals surface area contributed by atoms with Gasteiger partial charge in [-0.15, -0.1) is 10.2 Å². The van der Waals surface area contributed by atoms with Gasteiger partial charge < -0.3 is 0 Å². The Labute approximate surface area is 160 Å². The van der Waals surface area contributed by atoms with Crippen LogP contribution < -0.4 is 5.32 Å². The molecule has 9 heteroatoms. The van der Waals surface area contributed by atoms with Crippen LogP contribution in [0.25, 0.3) is 5.65 Å². The number of anilines is 1. The lowest BCUT2D eigenvalue weighted by Gasteiger charge is -2.11. The third-order valence-electron chi connectivity index (χ3n) is 4.11. The van der Waals surface area contributed by atoms with Crippen molar-refractivity contribution >= 4 is 27.3 Å². The molecule has 140 valence electrons. The highest BCUT2D eigenvalue weighted by molar-refractivity contribution is 7.90. The zero-order chi connectivity index (χ0) is 19.6. The quantitative estimate of drug-likeness (QED) is 0.558. The van der Waals surface area contributed by atoms with Crippen LogP contribution in [0.15, 0.2) is 78.1 Å². The second kappa shape index (κ2) is 7.20. The number of carbonyl (C=O) groups excluding carboxylic acids is 1. The van der Waals surface area contributed by atoms with Crippen molar-refractivity contribution in [2.75, 3.05) is 5.32 Å². The van der Waals surface area contributed by atoms with Crippen molar-refractivity contribution in [1.29, 1.82) is 0 Å². The van der Waals surface area contributed by atoms with E-state index in [-0.39, 0.29) is 22.2 Å². The molecule has 4 aromatic rings. The Morgan fingerprint density at radius 2 is 1.75 bits per heavy atom. The summed E-state index contributed by atoms with van der Waals surface area (Å²) in [6.45, 7) is 0. The molecule has 2 aromatic carbocycles. The molecule has 0 saturated heterocycles. The van der Waals surface area contributed by atoms with Crippen LogP contribution in [0.4, 0.5) is 5.95 Å². The molecule has 0 aliphatic heterocycles. The molecular formula is C19H15N5O3S. The number of benzene rings is 2. The monoisotopic (exact) mass is 393 g/mol. The van der Waals surface area contributed by atoms with Gasteiger partial charge in [-0.1, -0.05) is 42.5 Å². The van der Waals surface area contributed by atoms with Crippen LogP contribution in [0.2, 0.25) is 0 Å². The summed E-state index contributed by atoms with van der Waals surface area (Å²) in [7, 11) is -3.73. The van der Waals surface area contributed by atoms with E-state index >= 15 is 0 Å². The summed E-state index contributed by atoms with van der Waals surface area (Å²) in [6.07, 6.45) is 2.90. The van der Waals surface area contributed by atoms with E-state index in [0.29, 0.717) is 11.2 Å². The number of carbonyl (C=O) groups is 1. The van der Waals surface area contributed by atoms with Gasteiger partial charge in [-0.25, -0.2) is 13.4 Å². The molecule has 2 heterocycles. The lowest BCUT2D eigenvalue weighted by Crippen LogP contribution is -2.19. The molecular weight excluding hydrogens is 378 g/mol. The van der Waals surface area contributed by atoms with Crippen LogP contribution in [0.1, 0.15) is 15.9 Å². The van der Waals surface area contributed by atoms with Crippen molar-refractivity contribution in [2.45, 2.75) is 10.6 Å². The van der Waals surface area contributed by atoms with Crippen molar-refractivity contribution in [3.63, 3.8) is 0 Å². The molecule has 0 atom stereocenters. The number of amides is 1. The van der Waals surface area contributed by atoms with Crippen LogP contribution in [0.3, 0.4) is 0 Å². The minimum absolute atomic E-state index is 0.0349. The maximum absolute atomic E-state index is 12.9. The standard InChI is InChI=1S/C19H15N5O3S/c25-18(22-19-20-11-10-17-23-21-13-24(17)19)15-8-4-5-9-16(15)28(26,27)12-14-6-2-1-3-7-14/h1-11,13H,12H2,(H,20,22,25). The van der Waals surface area contributed by atoms with E-state index in [0.717, 1.165) is 0 Å². The van der Waals surface area contributed by atoms with E-state index in [2.05, 4.69) is 20.5 Å². The third-order valence-corrected chi connectivity index (χ3v) is 5.85. The minimum atomic E-state index is -3.73. The fourth-order valence-corrected chi connectivity index (χ4v) is 4.38. The second-order valence-corrected chi connectivity index (χ2v) is 7.98. The third kappa shape index (κ3) is 3.47. The summed E-state index contributed by atoms with van der Waals surface area (Å²) < 4.78 is 27.4. The summed E-state index contributed by atoms with van der Waals surface area (Å²) in [5.41, 5.74) is 1.20. The maximum Gasteiger partial charge on any atom is 0.259 e. The minimum Gasteiger partial charge on any atom is -0.291 e. The zero-order valence-corrected chi connectivity index (χ0v) is 15.4. The van der Waals surface area contributed by atoms with Gasteiger partial charge in [-0.3, -0.25) is 14.5 Å². The SMILES string of the molecule is O=C(Nc1nccc2nncn12)c1ccccc1S(=O)(=O)Cc1ccccc1. The van der Waals surface area contributed by atoms with Crippen LogP contribution in [-0.2, 0) is 15.6 Å². The largest absolute Gasteiger partial charge is 0.291 e. The first-order chi connectivity index (χ1) is 13.5. The second-order valence-electron chi connectivity index (χ2n) is 6.02. The number of sulfone groups is 1. The van der Waals surface area contributed by atoms with Crippen molar-refractivity contribution < 1.29 is 13.2 Å². The molecule has 0 spiro atoms. The molecule has 8 nitrogen and oxygen atoms in total. The molecule has 0 aliphatic carbocycles. The molecule has 1 amide bonds. The summed E-state index contributed by atoms with van der Waals surface area (Å²) in [4.78, 5) is 16.9. The van der Waals surface area contributed by atoms with E-state index in [1.54, 1.807) is 42.5 Å². The topological polar surface area (TPSA) is 106 Å². The van der Waals surface area contributed by atoms with E-state index in [1.165, 1.54) is 29.1 Å². The highest BCUT2D eigenvalue weighted by atomic mass is 32.2. The Bertz CT molecular complexity index is 1250. The van der Waals surface area contributed by atoms with E-state index in [9.17, 15) is 13.2 Å². The summed E-state index contributed by atoms with van der Waals surface area (Å²) in [6, 6.07) is 16.6. The van der Waals surface area contributed by atoms with Crippen LogP contribution in [0, 0.1) is 0 Å². The Morgan fingerprint density at radius 1 is 1.00 bits per heavy atom. The van der Waals surface area contributed by atoms with Crippen LogP contribution in [0.5, 0.6) is 0 Å². The predicted octanol–water partition coefficient (Wildman–Crippen LogP) is 2.35. The molecule has 2 aromatic heterocycles. The van der Waals surface area contributed by atoms with Gasteiger partial charge in [-0.2, -0.15) is 0 Å². The molecule has 0 unspecified atom stereocenters. The number of rotatable bonds is 5. The van der Waals surface area contributed by atoms with Crippen molar-refractivity contribution in [1.82, 2.24) is 19.6 Å². The van der Waals surface area contributed by atoms with Crippen molar-refractivity contribution in [2.24, 2.45) is 0 Å². The normalized spacial score (nSPS) is 11.4. The molecule has 4 rings (SSSR count). The Hall–Kier alpha value is -3.59. The number of hydrogen-bond acceptors (Lipinski definition) is 6. The fourth-order valence-electron chi connectivity index (χ4n) is 2.82. The van der Waals surface area contributed by atoms with Gasteiger partial charge in [-0.05, 0) is 17.7 Å². The van der Waals surface area contributed by atoms with E-state index < -0.39 is 15.7 Å². The first-order valence-corrected chi connectivity index (χ1v) is 10.0. The van der Waals surface area contributed by atoms with Gasteiger partial charge in [0.25, 0.3) is 5.91 Å². The number of hydrogen-bond donors (Lipinski definition) is 1. The highest BCUT2D eigenvalue weighted by Gasteiger charge is 2.23. The first-order valence-electron chi connectivity index (χ1n) is 8.36. The lowest BCUT2D eigenvalue weighted by atomic mass is 10.2. The number of aromatic nitrogens is 4. The smallest absolute Gasteiger partial charge is 0.259 e. The molecule has 0 radical (unpaired) electrons. The average molecular weight is 393 g/mol. The van der Waals surface area contributed by atoms with Crippen molar-refractivity contribution in [3.8, 4) is 0 Å². The molecule has 0 fully saturated rings.